The van der Waals surface area contributed by atoms with Crippen LogP contribution in [0, 0.1) is 0 Å². The van der Waals surface area contributed by atoms with Crippen molar-refractivity contribution in [2.75, 3.05) is 19.8 Å². The highest BCUT2D eigenvalue weighted by molar-refractivity contribution is 5.96. The van der Waals surface area contributed by atoms with Crippen LogP contribution in [-0.4, -0.2) is 31.6 Å². The van der Waals surface area contributed by atoms with Gasteiger partial charge >= 0.3 is 5.97 Å². The van der Waals surface area contributed by atoms with Crippen molar-refractivity contribution >= 4 is 18.0 Å². The summed E-state index contributed by atoms with van der Waals surface area (Å²) in [5.74, 6) is -0.0480. The van der Waals surface area contributed by atoms with Crippen LogP contribution in [0.25, 0.3) is 6.08 Å². The Hall–Kier alpha value is -2.30. The number of hydrogen-bond donors (Lipinski definition) is 1. The molecule has 22 heavy (non-hydrogen) atoms. The molecule has 0 spiro atoms. The number of nitrogens with one attached hydrogen (secondary N) is 1. The van der Waals surface area contributed by atoms with E-state index < -0.39 is 5.97 Å². The Labute approximate surface area is 130 Å². The van der Waals surface area contributed by atoms with Crippen LogP contribution >= 0.6 is 0 Å². The Balaban J connectivity index is 1.78. The fourth-order valence-corrected chi connectivity index (χ4v) is 2.11. The maximum atomic E-state index is 11.9. The first-order valence-electron chi connectivity index (χ1n) is 7.57. The summed E-state index contributed by atoms with van der Waals surface area (Å²) in [4.78, 5) is 23.5. The molecule has 2 rings (SSSR count). The van der Waals surface area contributed by atoms with Crippen LogP contribution in [0.5, 0.6) is 5.75 Å². The summed E-state index contributed by atoms with van der Waals surface area (Å²) < 4.78 is 10.5. The van der Waals surface area contributed by atoms with Crippen molar-refractivity contribution < 1.29 is 19.1 Å². The smallest absolute Gasteiger partial charge is 0.338 e. The number of unbranched alkanes of at least 4 members (excludes halogenated alkanes) is 2. The van der Waals surface area contributed by atoms with Gasteiger partial charge in [-0.2, -0.15) is 0 Å². The minimum atomic E-state index is -0.516. The zero-order chi connectivity index (χ0) is 15.8. The second-order valence-electron chi connectivity index (χ2n) is 5.13. The molecule has 1 N–H and O–H groups in total. The Morgan fingerprint density at radius 2 is 2.09 bits per heavy atom. The second-order valence-corrected chi connectivity index (χ2v) is 5.13. The van der Waals surface area contributed by atoms with Gasteiger partial charge in [0.2, 0.25) is 0 Å². The molecule has 0 atom stereocenters. The molecule has 0 radical (unpaired) electrons. The van der Waals surface area contributed by atoms with Crippen LogP contribution in [0.2, 0.25) is 0 Å². The van der Waals surface area contributed by atoms with Crippen molar-refractivity contribution in [3.05, 3.63) is 35.4 Å². The van der Waals surface area contributed by atoms with Crippen molar-refractivity contribution in [3.8, 4) is 5.75 Å². The van der Waals surface area contributed by atoms with E-state index in [2.05, 4.69) is 12.2 Å². The molecule has 1 amide bonds. The normalized spacial score (nSPS) is 12.7. The molecule has 1 heterocycles. The van der Waals surface area contributed by atoms with Gasteiger partial charge in [-0.15, -0.1) is 0 Å². The molecular weight excluding hydrogens is 282 g/mol. The van der Waals surface area contributed by atoms with E-state index in [1.165, 1.54) is 0 Å². The quantitative estimate of drug-likeness (QED) is 0.620. The Bertz CT molecular complexity index is 566. The van der Waals surface area contributed by atoms with Crippen molar-refractivity contribution in [1.29, 1.82) is 0 Å². The van der Waals surface area contributed by atoms with Crippen LogP contribution in [0.1, 0.15) is 31.7 Å². The average Bonchev–Trinajstić information content (AvgIpc) is 2.56. The molecule has 0 bridgehead atoms. The summed E-state index contributed by atoms with van der Waals surface area (Å²) in [6.45, 7) is 2.61. The molecule has 0 saturated heterocycles. The van der Waals surface area contributed by atoms with E-state index in [0.717, 1.165) is 30.6 Å². The number of rotatable bonds is 7. The zero-order valence-electron chi connectivity index (χ0n) is 12.8. The molecular formula is C17H21NO4. The Morgan fingerprint density at radius 3 is 2.91 bits per heavy atom. The highest BCUT2D eigenvalue weighted by Gasteiger charge is 2.18. The predicted octanol–water partition coefficient (Wildman–Crippen LogP) is 2.31. The van der Waals surface area contributed by atoms with Crippen molar-refractivity contribution in [2.24, 2.45) is 0 Å². The highest BCUT2D eigenvalue weighted by atomic mass is 16.5. The second kappa shape index (κ2) is 8.22. The number of amides is 1. The lowest BCUT2D eigenvalue weighted by molar-refractivity contribution is -0.145. The Kier molecular flexibility index (Phi) is 6.01. The third-order valence-corrected chi connectivity index (χ3v) is 3.33. The van der Waals surface area contributed by atoms with Crippen molar-refractivity contribution in [2.45, 2.75) is 26.2 Å². The highest BCUT2D eigenvalue weighted by Crippen LogP contribution is 2.25. The van der Waals surface area contributed by atoms with Crippen molar-refractivity contribution in [1.82, 2.24) is 5.32 Å². The summed E-state index contributed by atoms with van der Waals surface area (Å²) in [5.41, 5.74) is 1.25. The molecule has 0 fully saturated rings. The number of benzene rings is 1. The number of para-hydroxylation sites is 1. The number of hydrogen-bond acceptors (Lipinski definition) is 4. The SMILES string of the molecule is CCCCCNC(=O)COC(=O)C1=Cc2ccccc2OC1. The summed E-state index contributed by atoms with van der Waals surface area (Å²) in [6.07, 6.45) is 4.84. The first-order chi connectivity index (χ1) is 10.7. The van der Waals surface area contributed by atoms with Gasteiger partial charge in [0.05, 0.1) is 5.57 Å². The summed E-state index contributed by atoms with van der Waals surface area (Å²) in [7, 11) is 0. The van der Waals surface area contributed by atoms with Gasteiger partial charge in [0.1, 0.15) is 12.4 Å². The van der Waals surface area contributed by atoms with Gasteiger partial charge in [0, 0.05) is 12.1 Å². The number of carbonyl (C=O) groups excluding carboxylic acids is 2. The minimum Gasteiger partial charge on any atom is -0.488 e. The van der Waals surface area contributed by atoms with Gasteiger partial charge in [0.25, 0.3) is 5.91 Å². The molecule has 0 aliphatic carbocycles. The number of carbonyl (C=O) groups is 2. The van der Waals surface area contributed by atoms with E-state index in [9.17, 15) is 9.59 Å². The molecule has 1 aromatic rings. The van der Waals surface area contributed by atoms with Gasteiger partial charge in [0.15, 0.2) is 6.61 Å². The topological polar surface area (TPSA) is 64.6 Å². The third-order valence-electron chi connectivity index (χ3n) is 3.33. The lowest BCUT2D eigenvalue weighted by Gasteiger charge is -2.16. The molecule has 1 aliphatic heterocycles. The first kappa shape index (κ1) is 16.1. The van der Waals surface area contributed by atoms with Crippen LogP contribution in [0.4, 0.5) is 0 Å². The van der Waals surface area contributed by atoms with Crippen LogP contribution in [0.15, 0.2) is 29.8 Å². The summed E-state index contributed by atoms with van der Waals surface area (Å²) >= 11 is 0. The molecule has 118 valence electrons. The molecule has 0 aromatic heterocycles. The molecule has 5 nitrogen and oxygen atoms in total. The fourth-order valence-electron chi connectivity index (χ4n) is 2.11. The molecule has 1 aliphatic rings. The van der Waals surface area contributed by atoms with Crippen LogP contribution in [-0.2, 0) is 14.3 Å². The average molecular weight is 303 g/mol. The van der Waals surface area contributed by atoms with Crippen molar-refractivity contribution in [3.63, 3.8) is 0 Å². The number of fused-ring (bicyclic) bond motifs is 1. The van der Waals surface area contributed by atoms with Gasteiger partial charge in [-0.1, -0.05) is 38.0 Å². The molecule has 0 unspecified atom stereocenters. The third kappa shape index (κ3) is 4.62. The Morgan fingerprint density at radius 1 is 1.27 bits per heavy atom. The zero-order valence-corrected chi connectivity index (χ0v) is 12.8. The predicted molar refractivity (Wildman–Crippen MR) is 83.4 cm³/mol. The lowest BCUT2D eigenvalue weighted by Crippen LogP contribution is -2.30. The summed E-state index contributed by atoms with van der Waals surface area (Å²) in [5, 5.41) is 2.72. The lowest BCUT2D eigenvalue weighted by atomic mass is 10.1. The molecule has 5 heteroatoms. The van der Waals surface area contributed by atoms with Crippen LogP contribution < -0.4 is 10.1 Å². The monoisotopic (exact) mass is 303 g/mol. The fraction of sp³-hybridized carbons (Fsp3) is 0.412. The van der Waals surface area contributed by atoms with E-state index in [4.69, 9.17) is 9.47 Å². The molecule has 0 saturated carbocycles. The van der Waals surface area contributed by atoms with Gasteiger partial charge < -0.3 is 14.8 Å². The van der Waals surface area contributed by atoms with E-state index in [1.54, 1.807) is 6.08 Å². The van der Waals surface area contributed by atoms with E-state index in [0.29, 0.717) is 12.1 Å². The van der Waals surface area contributed by atoms with Crippen LogP contribution in [0.3, 0.4) is 0 Å². The van der Waals surface area contributed by atoms with Gasteiger partial charge in [-0.05, 0) is 18.6 Å². The maximum absolute atomic E-state index is 11.9. The van der Waals surface area contributed by atoms with E-state index in [-0.39, 0.29) is 19.1 Å². The standard InChI is InChI=1S/C17H21NO4/c1-2-3-6-9-18-16(19)12-22-17(20)14-10-13-7-4-5-8-15(13)21-11-14/h4-5,7-8,10H,2-3,6,9,11-12H2,1H3,(H,18,19). The van der Waals surface area contributed by atoms with E-state index in [1.807, 2.05) is 24.3 Å². The number of esters is 1. The number of ether oxygens (including phenoxy) is 2. The van der Waals surface area contributed by atoms with Gasteiger partial charge in [-0.3, -0.25) is 4.79 Å². The maximum Gasteiger partial charge on any atom is 0.338 e. The first-order valence-corrected chi connectivity index (χ1v) is 7.57. The minimum absolute atomic E-state index is 0.161. The van der Waals surface area contributed by atoms with E-state index >= 15 is 0 Å². The largest absolute Gasteiger partial charge is 0.488 e. The summed E-state index contributed by atoms with van der Waals surface area (Å²) in [6, 6.07) is 7.45. The molecule has 1 aromatic carbocycles. The van der Waals surface area contributed by atoms with Gasteiger partial charge in [-0.25, -0.2) is 4.79 Å².